The average molecular weight is 212 g/mol. The van der Waals surface area contributed by atoms with E-state index in [9.17, 15) is 9.59 Å². The van der Waals surface area contributed by atoms with Crippen LogP contribution in [0.15, 0.2) is 0 Å². The fraction of sp³-hybridized carbons (Fsp3) is 0.818. The quantitative estimate of drug-likeness (QED) is 0.735. The van der Waals surface area contributed by atoms with Crippen molar-refractivity contribution in [3.63, 3.8) is 0 Å². The summed E-state index contributed by atoms with van der Waals surface area (Å²) < 4.78 is 0. The minimum Gasteiger partial charge on any atom is -0.353 e. The minimum absolute atomic E-state index is 0.0378. The topological polar surface area (TPSA) is 49.4 Å². The Labute approximate surface area is 91.0 Å². The molecule has 0 unspecified atom stereocenters. The van der Waals surface area contributed by atoms with E-state index in [1.807, 2.05) is 18.7 Å². The molecule has 0 aromatic heterocycles. The number of amides is 2. The standard InChI is InChI=1S/C11H20N2O2/c1-8(2)11(15)12-10-4-6-13(7-5-10)9(3)14/h8,10H,4-7H2,1-3H3,(H,12,15). The highest BCUT2D eigenvalue weighted by molar-refractivity contribution is 5.78. The summed E-state index contributed by atoms with van der Waals surface area (Å²) in [6.07, 6.45) is 1.75. The number of carbonyl (C=O) groups is 2. The van der Waals surface area contributed by atoms with Crippen molar-refractivity contribution >= 4 is 11.8 Å². The van der Waals surface area contributed by atoms with Gasteiger partial charge in [-0.15, -0.1) is 0 Å². The summed E-state index contributed by atoms with van der Waals surface area (Å²) in [4.78, 5) is 24.3. The van der Waals surface area contributed by atoms with Gasteiger partial charge in [-0.25, -0.2) is 0 Å². The molecule has 0 radical (unpaired) electrons. The molecule has 1 fully saturated rings. The van der Waals surface area contributed by atoms with Crippen LogP contribution in [0.25, 0.3) is 0 Å². The Hall–Kier alpha value is -1.06. The van der Waals surface area contributed by atoms with Gasteiger partial charge in [-0.2, -0.15) is 0 Å². The number of piperidine rings is 1. The monoisotopic (exact) mass is 212 g/mol. The van der Waals surface area contributed by atoms with Gasteiger partial charge in [0.2, 0.25) is 11.8 Å². The van der Waals surface area contributed by atoms with Crippen molar-refractivity contribution in [1.82, 2.24) is 10.2 Å². The molecular weight excluding hydrogens is 192 g/mol. The Kier molecular flexibility index (Phi) is 4.12. The van der Waals surface area contributed by atoms with E-state index in [1.54, 1.807) is 6.92 Å². The van der Waals surface area contributed by atoms with Gasteiger partial charge >= 0.3 is 0 Å². The first-order valence-corrected chi connectivity index (χ1v) is 5.56. The van der Waals surface area contributed by atoms with E-state index in [0.717, 1.165) is 25.9 Å². The molecule has 0 bridgehead atoms. The van der Waals surface area contributed by atoms with Crippen molar-refractivity contribution < 1.29 is 9.59 Å². The summed E-state index contributed by atoms with van der Waals surface area (Å²) >= 11 is 0. The van der Waals surface area contributed by atoms with Gasteiger partial charge in [0, 0.05) is 32.0 Å². The third kappa shape index (κ3) is 3.53. The van der Waals surface area contributed by atoms with E-state index in [4.69, 9.17) is 0 Å². The van der Waals surface area contributed by atoms with Gasteiger partial charge in [-0.05, 0) is 12.8 Å². The SMILES string of the molecule is CC(=O)N1CCC(NC(=O)C(C)C)CC1. The molecule has 1 aliphatic rings. The predicted octanol–water partition coefficient (Wildman–Crippen LogP) is 0.769. The molecule has 1 N–H and O–H groups in total. The van der Waals surface area contributed by atoms with Crippen LogP contribution in [0.2, 0.25) is 0 Å². The summed E-state index contributed by atoms with van der Waals surface area (Å²) in [6.45, 7) is 6.89. The van der Waals surface area contributed by atoms with Gasteiger partial charge in [0.25, 0.3) is 0 Å². The fourth-order valence-electron chi connectivity index (χ4n) is 1.71. The van der Waals surface area contributed by atoms with Crippen LogP contribution < -0.4 is 5.32 Å². The zero-order valence-electron chi connectivity index (χ0n) is 9.75. The number of hydrogen-bond acceptors (Lipinski definition) is 2. The Morgan fingerprint density at radius 2 is 1.80 bits per heavy atom. The molecule has 1 heterocycles. The molecule has 15 heavy (non-hydrogen) atoms. The van der Waals surface area contributed by atoms with E-state index < -0.39 is 0 Å². The number of nitrogens with one attached hydrogen (secondary N) is 1. The second-order valence-electron chi connectivity index (χ2n) is 4.44. The third-order valence-electron chi connectivity index (χ3n) is 2.81. The maximum atomic E-state index is 11.4. The van der Waals surface area contributed by atoms with Crippen LogP contribution in [0.3, 0.4) is 0 Å². The molecule has 0 spiro atoms. The lowest BCUT2D eigenvalue weighted by molar-refractivity contribution is -0.130. The highest BCUT2D eigenvalue weighted by Gasteiger charge is 2.22. The second kappa shape index (κ2) is 5.14. The fourth-order valence-corrected chi connectivity index (χ4v) is 1.71. The summed E-state index contributed by atoms with van der Waals surface area (Å²) in [5.41, 5.74) is 0. The number of carbonyl (C=O) groups excluding carboxylic acids is 2. The van der Waals surface area contributed by atoms with Crippen molar-refractivity contribution in [3.05, 3.63) is 0 Å². The predicted molar refractivity (Wildman–Crippen MR) is 58.3 cm³/mol. The van der Waals surface area contributed by atoms with E-state index >= 15 is 0 Å². The van der Waals surface area contributed by atoms with Crippen molar-refractivity contribution in [3.8, 4) is 0 Å². The van der Waals surface area contributed by atoms with E-state index in [1.165, 1.54) is 0 Å². The molecule has 0 saturated carbocycles. The van der Waals surface area contributed by atoms with Crippen LogP contribution in [0.5, 0.6) is 0 Å². The van der Waals surface area contributed by atoms with Gasteiger partial charge in [0.1, 0.15) is 0 Å². The van der Waals surface area contributed by atoms with Crippen molar-refractivity contribution in [2.24, 2.45) is 5.92 Å². The maximum absolute atomic E-state index is 11.4. The van der Waals surface area contributed by atoms with Crippen LogP contribution in [0, 0.1) is 5.92 Å². The second-order valence-corrected chi connectivity index (χ2v) is 4.44. The van der Waals surface area contributed by atoms with Gasteiger partial charge in [0.15, 0.2) is 0 Å². The number of hydrogen-bond donors (Lipinski definition) is 1. The van der Waals surface area contributed by atoms with Crippen molar-refractivity contribution in [2.45, 2.75) is 39.7 Å². The largest absolute Gasteiger partial charge is 0.353 e. The summed E-state index contributed by atoms with van der Waals surface area (Å²) in [7, 11) is 0. The lowest BCUT2D eigenvalue weighted by atomic mass is 10.0. The molecular formula is C11H20N2O2. The maximum Gasteiger partial charge on any atom is 0.222 e. The molecule has 1 aliphatic heterocycles. The molecule has 0 aliphatic carbocycles. The number of likely N-dealkylation sites (tertiary alicyclic amines) is 1. The molecule has 2 amide bonds. The summed E-state index contributed by atoms with van der Waals surface area (Å²) in [6, 6.07) is 0.246. The van der Waals surface area contributed by atoms with Crippen molar-refractivity contribution in [1.29, 1.82) is 0 Å². The van der Waals surface area contributed by atoms with E-state index in [0.29, 0.717) is 0 Å². The van der Waals surface area contributed by atoms with Crippen LogP contribution >= 0.6 is 0 Å². The number of rotatable bonds is 2. The zero-order chi connectivity index (χ0) is 11.4. The van der Waals surface area contributed by atoms with Crippen molar-refractivity contribution in [2.75, 3.05) is 13.1 Å². The normalized spacial score (nSPS) is 18.0. The molecule has 0 aromatic carbocycles. The first-order valence-electron chi connectivity index (χ1n) is 5.56. The molecule has 1 rings (SSSR count). The highest BCUT2D eigenvalue weighted by atomic mass is 16.2. The van der Waals surface area contributed by atoms with Crippen LogP contribution in [-0.4, -0.2) is 35.8 Å². The van der Waals surface area contributed by atoms with Crippen LogP contribution in [-0.2, 0) is 9.59 Å². The molecule has 1 saturated heterocycles. The van der Waals surface area contributed by atoms with Gasteiger partial charge in [-0.1, -0.05) is 13.8 Å². The lowest BCUT2D eigenvalue weighted by Crippen LogP contribution is -2.46. The Morgan fingerprint density at radius 1 is 1.27 bits per heavy atom. The molecule has 86 valence electrons. The Balaban J connectivity index is 2.32. The van der Waals surface area contributed by atoms with E-state index in [-0.39, 0.29) is 23.8 Å². The average Bonchev–Trinajstić information content (AvgIpc) is 2.18. The highest BCUT2D eigenvalue weighted by Crippen LogP contribution is 2.10. The Morgan fingerprint density at radius 3 is 2.20 bits per heavy atom. The lowest BCUT2D eigenvalue weighted by Gasteiger charge is -2.32. The number of nitrogens with zero attached hydrogens (tertiary/aromatic N) is 1. The third-order valence-corrected chi connectivity index (χ3v) is 2.81. The summed E-state index contributed by atoms with van der Waals surface area (Å²) in [5, 5.41) is 3.00. The van der Waals surface area contributed by atoms with Gasteiger partial charge in [-0.3, -0.25) is 9.59 Å². The first-order chi connectivity index (χ1) is 7.00. The molecule has 4 heteroatoms. The van der Waals surface area contributed by atoms with Gasteiger partial charge in [0.05, 0.1) is 0 Å². The van der Waals surface area contributed by atoms with Gasteiger partial charge < -0.3 is 10.2 Å². The van der Waals surface area contributed by atoms with Crippen LogP contribution in [0.1, 0.15) is 33.6 Å². The molecule has 0 atom stereocenters. The van der Waals surface area contributed by atoms with E-state index in [2.05, 4.69) is 5.32 Å². The molecule has 0 aromatic rings. The first kappa shape index (κ1) is 12.0. The summed E-state index contributed by atoms with van der Waals surface area (Å²) in [5.74, 6) is 0.274. The minimum atomic E-state index is 0.0378. The Bertz CT molecular complexity index is 243. The smallest absolute Gasteiger partial charge is 0.222 e. The van der Waals surface area contributed by atoms with Crippen LogP contribution in [0.4, 0.5) is 0 Å². The molecule has 4 nitrogen and oxygen atoms in total. The zero-order valence-corrected chi connectivity index (χ0v) is 9.75.